The van der Waals surface area contributed by atoms with Gasteiger partial charge in [0, 0.05) is 17.7 Å². The molecule has 0 atom stereocenters. The number of halogens is 1. The van der Waals surface area contributed by atoms with Gasteiger partial charge in [-0.1, -0.05) is 24.3 Å². The summed E-state index contributed by atoms with van der Waals surface area (Å²) in [6, 6.07) is 13.1. The predicted molar refractivity (Wildman–Crippen MR) is 96.8 cm³/mol. The maximum Gasteiger partial charge on any atom is 0.289 e. The lowest BCUT2D eigenvalue weighted by molar-refractivity contribution is -0.384. The molecule has 3 rings (SSSR count). The number of aromatic amines is 1. The van der Waals surface area contributed by atoms with Gasteiger partial charge in [0.15, 0.2) is 0 Å². The summed E-state index contributed by atoms with van der Waals surface area (Å²) >= 11 is 0. The van der Waals surface area contributed by atoms with E-state index in [0.717, 1.165) is 0 Å². The number of nitrogens with zero attached hydrogens (tertiary/aromatic N) is 3. The van der Waals surface area contributed by atoms with Gasteiger partial charge in [-0.2, -0.15) is 10.2 Å². The standard InChI is InChI=1S/C18H14FN5O3/c1-11(12-5-7-14(19)8-6-12)20-23-18(25)17-10-16(21-22-17)13-3-2-4-15(9-13)24(26)27/h2-10H,1H3,(H,21,22)(H,23,25). The van der Waals surface area contributed by atoms with Crippen LogP contribution < -0.4 is 5.43 Å². The van der Waals surface area contributed by atoms with Crippen LogP contribution in [-0.4, -0.2) is 26.7 Å². The van der Waals surface area contributed by atoms with E-state index in [0.29, 0.717) is 22.5 Å². The number of hydrogen-bond acceptors (Lipinski definition) is 5. The van der Waals surface area contributed by atoms with Crippen LogP contribution >= 0.6 is 0 Å². The van der Waals surface area contributed by atoms with E-state index in [4.69, 9.17) is 0 Å². The van der Waals surface area contributed by atoms with Crippen LogP contribution in [0.3, 0.4) is 0 Å². The quantitative estimate of drug-likeness (QED) is 0.409. The largest absolute Gasteiger partial charge is 0.289 e. The Morgan fingerprint density at radius 1 is 1.22 bits per heavy atom. The molecule has 3 aromatic rings. The minimum Gasteiger partial charge on any atom is -0.272 e. The van der Waals surface area contributed by atoms with Crippen LogP contribution in [0.2, 0.25) is 0 Å². The molecule has 0 saturated heterocycles. The maximum absolute atomic E-state index is 12.9. The zero-order valence-corrected chi connectivity index (χ0v) is 14.1. The number of nitro benzene ring substituents is 1. The third-order valence-corrected chi connectivity index (χ3v) is 3.76. The summed E-state index contributed by atoms with van der Waals surface area (Å²) in [5.41, 5.74) is 4.52. The Bertz CT molecular complexity index is 1030. The Morgan fingerprint density at radius 2 is 1.96 bits per heavy atom. The first kappa shape index (κ1) is 17.9. The van der Waals surface area contributed by atoms with Crippen molar-refractivity contribution in [2.75, 3.05) is 0 Å². The van der Waals surface area contributed by atoms with E-state index in [-0.39, 0.29) is 17.2 Å². The average molecular weight is 367 g/mol. The first-order chi connectivity index (χ1) is 12.9. The fourth-order valence-corrected chi connectivity index (χ4v) is 2.32. The highest BCUT2D eigenvalue weighted by molar-refractivity contribution is 6.00. The van der Waals surface area contributed by atoms with Crippen LogP contribution in [0.1, 0.15) is 23.0 Å². The number of H-pyrrole nitrogens is 1. The molecule has 0 unspecified atom stereocenters. The molecule has 0 saturated carbocycles. The van der Waals surface area contributed by atoms with Crippen molar-refractivity contribution in [3.63, 3.8) is 0 Å². The molecule has 0 aliphatic carbocycles. The summed E-state index contributed by atoms with van der Waals surface area (Å²) in [4.78, 5) is 22.6. The number of nitro groups is 1. The number of amides is 1. The number of carbonyl (C=O) groups excluding carboxylic acids is 1. The fraction of sp³-hybridized carbons (Fsp3) is 0.0556. The molecule has 8 nitrogen and oxygen atoms in total. The number of aromatic nitrogens is 2. The monoisotopic (exact) mass is 367 g/mol. The van der Waals surface area contributed by atoms with Crippen LogP contribution in [0.15, 0.2) is 59.7 Å². The van der Waals surface area contributed by atoms with E-state index in [1.54, 1.807) is 25.1 Å². The van der Waals surface area contributed by atoms with Crippen molar-refractivity contribution >= 4 is 17.3 Å². The summed E-state index contributed by atoms with van der Waals surface area (Å²) in [6.45, 7) is 1.68. The van der Waals surface area contributed by atoms with Crippen molar-refractivity contribution in [1.82, 2.24) is 15.6 Å². The molecule has 1 amide bonds. The van der Waals surface area contributed by atoms with Crippen LogP contribution in [-0.2, 0) is 0 Å². The first-order valence-corrected chi connectivity index (χ1v) is 7.85. The van der Waals surface area contributed by atoms with Gasteiger partial charge in [-0.25, -0.2) is 9.82 Å². The molecule has 136 valence electrons. The summed E-state index contributed by atoms with van der Waals surface area (Å²) in [5.74, 6) is -0.887. The molecule has 27 heavy (non-hydrogen) atoms. The minimum atomic E-state index is -0.527. The summed E-state index contributed by atoms with van der Waals surface area (Å²) < 4.78 is 12.9. The zero-order valence-electron chi connectivity index (χ0n) is 14.1. The summed E-state index contributed by atoms with van der Waals surface area (Å²) in [5, 5.41) is 21.4. The Morgan fingerprint density at radius 3 is 2.67 bits per heavy atom. The molecule has 0 fully saturated rings. The number of hydrazone groups is 1. The number of nitrogens with one attached hydrogen (secondary N) is 2. The molecule has 2 aromatic carbocycles. The van der Waals surface area contributed by atoms with Crippen molar-refractivity contribution in [1.29, 1.82) is 0 Å². The highest BCUT2D eigenvalue weighted by Gasteiger charge is 2.13. The van der Waals surface area contributed by atoms with Gasteiger partial charge in [0.25, 0.3) is 11.6 Å². The van der Waals surface area contributed by atoms with Gasteiger partial charge in [-0.3, -0.25) is 20.0 Å². The molecule has 0 aliphatic rings. The zero-order chi connectivity index (χ0) is 19.4. The third-order valence-electron chi connectivity index (χ3n) is 3.76. The van der Waals surface area contributed by atoms with E-state index in [9.17, 15) is 19.3 Å². The number of rotatable bonds is 5. The van der Waals surface area contributed by atoms with Crippen LogP contribution in [0.5, 0.6) is 0 Å². The van der Waals surface area contributed by atoms with E-state index >= 15 is 0 Å². The minimum absolute atomic E-state index is 0.0685. The van der Waals surface area contributed by atoms with Crippen LogP contribution in [0.4, 0.5) is 10.1 Å². The van der Waals surface area contributed by atoms with Crippen molar-refractivity contribution < 1.29 is 14.1 Å². The first-order valence-electron chi connectivity index (χ1n) is 7.85. The average Bonchev–Trinajstić information content (AvgIpc) is 3.17. The fourth-order valence-electron chi connectivity index (χ4n) is 2.32. The van der Waals surface area contributed by atoms with E-state index < -0.39 is 10.8 Å². The van der Waals surface area contributed by atoms with E-state index in [1.807, 2.05) is 0 Å². The Labute approximate surface area is 152 Å². The van der Waals surface area contributed by atoms with Crippen molar-refractivity contribution in [2.45, 2.75) is 6.92 Å². The Balaban J connectivity index is 1.73. The SMILES string of the molecule is CC(=NNC(=O)c1cc(-c2cccc([N+](=O)[O-])c2)n[nH]1)c1ccc(F)cc1. The molecule has 0 aliphatic heterocycles. The molecule has 2 N–H and O–H groups in total. The van der Waals surface area contributed by atoms with Gasteiger partial charge in [-0.15, -0.1) is 0 Å². The van der Waals surface area contributed by atoms with E-state index in [2.05, 4.69) is 20.7 Å². The lowest BCUT2D eigenvalue weighted by Crippen LogP contribution is -2.19. The topological polar surface area (TPSA) is 113 Å². The van der Waals surface area contributed by atoms with Crippen molar-refractivity contribution in [3.8, 4) is 11.3 Å². The highest BCUT2D eigenvalue weighted by atomic mass is 19.1. The number of carbonyl (C=O) groups is 1. The molecular formula is C18H14FN5O3. The highest BCUT2D eigenvalue weighted by Crippen LogP contribution is 2.22. The molecular weight excluding hydrogens is 353 g/mol. The molecule has 0 spiro atoms. The second kappa shape index (κ2) is 7.56. The number of benzene rings is 2. The number of non-ortho nitro benzene ring substituents is 1. The molecule has 0 bridgehead atoms. The predicted octanol–water partition coefficient (Wildman–Crippen LogP) is 3.28. The summed E-state index contributed by atoms with van der Waals surface area (Å²) in [6.07, 6.45) is 0. The second-order valence-electron chi connectivity index (χ2n) is 5.62. The molecule has 0 radical (unpaired) electrons. The van der Waals surface area contributed by atoms with Crippen LogP contribution in [0, 0.1) is 15.9 Å². The Kier molecular flexibility index (Phi) is 5.02. The summed E-state index contributed by atoms with van der Waals surface area (Å²) in [7, 11) is 0. The lowest BCUT2D eigenvalue weighted by Gasteiger charge is -2.01. The normalized spacial score (nSPS) is 11.3. The molecule has 9 heteroatoms. The number of hydrogen-bond donors (Lipinski definition) is 2. The van der Waals surface area contributed by atoms with Gasteiger partial charge in [0.1, 0.15) is 11.5 Å². The van der Waals surface area contributed by atoms with Gasteiger partial charge >= 0.3 is 0 Å². The Hall–Kier alpha value is -3.88. The van der Waals surface area contributed by atoms with Gasteiger partial charge < -0.3 is 0 Å². The van der Waals surface area contributed by atoms with Gasteiger partial charge in [0.2, 0.25) is 0 Å². The van der Waals surface area contributed by atoms with Crippen molar-refractivity contribution in [3.05, 3.63) is 81.8 Å². The van der Waals surface area contributed by atoms with Gasteiger partial charge in [-0.05, 0) is 30.7 Å². The smallest absolute Gasteiger partial charge is 0.272 e. The second-order valence-corrected chi connectivity index (χ2v) is 5.62. The van der Waals surface area contributed by atoms with Crippen molar-refractivity contribution in [2.24, 2.45) is 5.10 Å². The molecule has 1 heterocycles. The third kappa shape index (κ3) is 4.21. The van der Waals surface area contributed by atoms with E-state index in [1.165, 1.54) is 36.4 Å². The molecule has 1 aromatic heterocycles. The maximum atomic E-state index is 12.9. The van der Waals surface area contributed by atoms with Gasteiger partial charge in [0.05, 0.1) is 16.3 Å². The lowest BCUT2D eigenvalue weighted by atomic mass is 10.1. The van der Waals surface area contributed by atoms with Crippen LogP contribution in [0.25, 0.3) is 11.3 Å².